The van der Waals surface area contributed by atoms with E-state index in [-0.39, 0.29) is 23.7 Å². The molecule has 0 spiro atoms. The van der Waals surface area contributed by atoms with E-state index >= 15 is 0 Å². The van der Waals surface area contributed by atoms with Gasteiger partial charge >= 0.3 is 0 Å². The van der Waals surface area contributed by atoms with Crippen LogP contribution < -0.4 is 5.73 Å². The van der Waals surface area contributed by atoms with Crippen LogP contribution in [0.4, 0.5) is 0 Å². The Bertz CT molecular complexity index is 521. The van der Waals surface area contributed by atoms with Crippen LogP contribution in [0.5, 0.6) is 5.75 Å². The molecule has 1 aliphatic rings. The zero-order chi connectivity index (χ0) is 17.5. The lowest BCUT2D eigenvalue weighted by Gasteiger charge is -2.31. The fourth-order valence-electron chi connectivity index (χ4n) is 3.32. The van der Waals surface area contributed by atoms with Crippen molar-refractivity contribution in [2.45, 2.75) is 62.8 Å². The Labute approximate surface area is 149 Å². The standard InChI is InChI=1S/C19H30N2O2S/c1-3-12-24-16-8-10-17(20)18(11-9-16)21(2)19(23)13-14-4-6-15(22)7-5-14/h4-7,16-18,22H,3,8-13,20H2,1-2H3. The van der Waals surface area contributed by atoms with E-state index in [0.717, 1.165) is 31.2 Å². The Morgan fingerprint density at radius 2 is 1.92 bits per heavy atom. The Kier molecular flexibility index (Phi) is 7.43. The Morgan fingerprint density at radius 3 is 2.58 bits per heavy atom. The molecule has 1 aromatic carbocycles. The summed E-state index contributed by atoms with van der Waals surface area (Å²) in [6.45, 7) is 2.22. The maximum Gasteiger partial charge on any atom is 0.227 e. The van der Waals surface area contributed by atoms with Crippen molar-refractivity contribution in [3.63, 3.8) is 0 Å². The van der Waals surface area contributed by atoms with Crippen molar-refractivity contribution in [3.8, 4) is 5.75 Å². The number of benzene rings is 1. The lowest BCUT2D eigenvalue weighted by atomic mass is 10.0. The number of rotatable bonds is 6. The maximum atomic E-state index is 12.6. The Morgan fingerprint density at radius 1 is 1.25 bits per heavy atom. The van der Waals surface area contributed by atoms with E-state index in [2.05, 4.69) is 18.7 Å². The quantitative estimate of drug-likeness (QED) is 0.773. The minimum atomic E-state index is 0.0611. The molecule has 1 fully saturated rings. The van der Waals surface area contributed by atoms with Crippen molar-refractivity contribution < 1.29 is 9.90 Å². The van der Waals surface area contributed by atoms with Gasteiger partial charge in [0.05, 0.1) is 6.42 Å². The lowest BCUT2D eigenvalue weighted by Crippen LogP contribution is -2.48. The van der Waals surface area contributed by atoms with Crippen LogP contribution in [0.3, 0.4) is 0 Å². The summed E-state index contributed by atoms with van der Waals surface area (Å²) in [6.07, 6.45) is 5.83. The molecule has 5 heteroatoms. The molecule has 3 unspecified atom stereocenters. The molecule has 3 atom stereocenters. The van der Waals surface area contributed by atoms with Crippen LogP contribution in [0.15, 0.2) is 24.3 Å². The van der Waals surface area contributed by atoms with Gasteiger partial charge < -0.3 is 15.7 Å². The van der Waals surface area contributed by atoms with Crippen LogP contribution >= 0.6 is 11.8 Å². The number of likely N-dealkylation sites (N-methyl/N-ethyl adjacent to an activating group) is 1. The predicted octanol–water partition coefficient (Wildman–Crippen LogP) is 3.17. The van der Waals surface area contributed by atoms with Gasteiger partial charge in [-0.2, -0.15) is 11.8 Å². The van der Waals surface area contributed by atoms with Gasteiger partial charge in [-0.1, -0.05) is 19.1 Å². The highest BCUT2D eigenvalue weighted by molar-refractivity contribution is 7.99. The zero-order valence-corrected chi connectivity index (χ0v) is 15.6. The molecule has 0 heterocycles. The molecule has 4 nitrogen and oxygen atoms in total. The number of amides is 1. The van der Waals surface area contributed by atoms with Crippen molar-refractivity contribution in [1.29, 1.82) is 0 Å². The molecule has 0 bridgehead atoms. The zero-order valence-electron chi connectivity index (χ0n) is 14.8. The number of carbonyl (C=O) groups is 1. The second-order valence-corrected chi connectivity index (χ2v) is 8.13. The highest BCUT2D eigenvalue weighted by Crippen LogP contribution is 2.29. The average molecular weight is 351 g/mol. The first-order valence-electron chi connectivity index (χ1n) is 8.92. The smallest absolute Gasteiger partial charge is 0.227 e. The van der Waals surface area contributed by atoms with Gasteiger partial charge in [-0.25, -0.2) is 0 Å². The fraction of sp³-hybridized carbons (Fsp3) is 0.632. The minimum Gasteiger partial charge on any atom is -0.508 e. The van der Waals surface area contributed by atoms with Gasteiger partial charge in [0, 0.05) is 24.4 Å². The van der Waals surface area contributed by atoms with Gasteiger partial charge in [-0.3, -0.25) is 4.79 Å². The fourth-order valence-corrected chi connectivity index (χ4v) is 4.49. The summed E-state index contributed by atoms with van der Waals surface area (Å²) < 4.78 is 0. The third-order valence-corrected chi connectivity index (χ3v) is 6.43. The van der Waals surface area contributed by atoms with Crippen LogP contribution in [0, 0.1) is 0 Å². The number of aromatic hydroxyl groups is 1. The van der Waals surface area contributed by atoms with Gasteiger partial charge in [-0.15, -0.1) is 0 Å². The number of phenolic OH excluding ortho intramolecular Hbond substituents is 1. The summed E-state index contributed by atoms with van der Waals surface area (Å²) in [4.78, 5) is 14.5. The molecule has 3 N–H and O–H groups in total. The first kappa shape index (κ1) is 19.1. The first-order chi connectivity index (χ1) is 11.5. The van der Waals surface area contributed by atoms with E-state index in [0.29, 0.717) is 11.7 Å². The summed E-state index contributed by atoms with van der Waals surface area (Å²) in [6, 6.07) is 7.02. The molecule has 1 aromatic rings. The molecular formula is C19H30N2O2S. The third kappa shape index (κ3) is 5.42. The molecule has 24 heavy (non-hydrogen) atoms. The van der Waals surface area contributed by atoms with Crippen LogP contribution in [0.2, 0.25) is 0 Å². The molecule has 1 aliphatic carbocycles. The summed E-state index contributed by atoms with van der Waals surface area (Å²) in [7, 11) is 1.88. The molecule has 0 aromatic heterocycles. The van der Waals surface area contributed by atoms with Crippen molar-refractivity contribution in [2.75, 3.05) is 12.8 Å². The van der Waals surface area contributed by atoms with Gasteiger partial charge in [0.15, 0.2) is 0 Å². The normalized spacial score (nSPS) is 24.4. The summed E-state index contributed by atoms with van der Waals surface area (Å²) >= 11 is 2.06. The van der Waals surface area contributed by atoms with E-state index in [1.165, 1.54) is 12.2 Å². The van der Waals surface area contributed by atoms with E-state index in [1.54, 1.807) is 24.3 Å². The monoisotopic (exact) mass is 350 g/mol. The predicted molar refractivity (Wildman–Crippen MR) is 101 cm³/mol. The molecule has 0 aliphatic heterocycles. The van der Waals surface area contributed by atoms with Gasteiger partial charge in [0.25, 0.3) is 0 Å². The molecule has 134 valence electrons. The number of hydrogen-bond acceptors (Lipinski definition) is 4. The van der Waals surface area contributed by atoms with E-state index in [4.69, 9.17) is 5.73 Å². The largest absolute Gasteiger partial charge is 0.508 e. The van der Waals surface area contributed by atoms with Crippen molar-refractivity contribution in [2.24, 2.45) is 5.73 Å². The summed E-state index contributed by atoms with van der Waals surface area (Å²) in [5.74, 6) is 1.53. The Hall–Kier alpha value is -1.20. The van der Waals surface area contributed by atoms with E-state index < -0.39 is 0 Å². The SMILES string of the molecule is CCCSC1CCC(N)C(N(C)C(=O)Cc2ccc(O)cc2)CC1. The maximum absolute atomic E-state index is 12.6. The number of nitrogens with zero attached hydrogens (tertiary/aromatic N) is 1. The van der Waals surface area contributed by atoms with Crippen LogP contribution in [-0.4, -0.2) is 46.0 Å². The van der Waals surface area contributed by atoms with E-state index in [9.17, 15) is 9.90 Å². The number of carbonyl (C=O) groups excluding carboxylic acids is 1. The van der Waals surface area contributed by atoms with E-state index in [1.807, 2.05) is 11.9 Å². The topological polar surface area (TPSA) is 66.6 Å². The minimum absolute atomic E-state index is 0.0611. The second-order valence-electron chi connectivity index (χ2n) is 6.73. The highest BCUT2D eigenvalue weighted by Gasteiger charge is 2.30. The lowest BCUT2D eigenvalue weighted by molar-refractivity contribution is -0.131. The number of thioether (sulfide) groups is 1. The number of phenols is 1. The number of nitrogens with two attached hydrogens (primary N) is 1. The van der Waals surface area contributed by atoms with Gasteiger partial charge in [-0.05, 0) is 55.6 Å². The van der Waals surface area contributed by atoms with Crippen molar-refractivity contribution in [1.82, 2.24) is 4.90 Å². The third-order valence-electron chi connectivity index (χ3n) is 4.84. The van der Waals surface area contributed by atoms with Crippen LogP contribution in [0.1, 0.15) is 44.6 Å². The number of hydrogen-bond donors (Lipinski definition) is 2. The van der Waals surface area contributed by atoms with Crippen LogP contribution in [0.25, 0.3) is 0 Å². The molecule has 2 rings (SSSR count). The molecule has 1 saturated carbocycles. The summed E-state index contributed by atoms with van der Waals surface area (Å²) in [5, 5.41) is 10.0. The van der Waals surface area contributed by atoms with Crippen LogP contribution in [-0.2, 0) is 11.2 Å². The average Bonchev–Trinajstić information content (AvgIpc) is 2.76. The molecule has 0 saturated heterocycles. The second kappa shape index (κ2) is 9.33. The highest BCUT2D eigenvalue weighted by atomic mass is 32.2. The van der Waals surface area contributed by atoms with Gasteiger partial charge in [0.2, 0.25) is 5.91 Å². The Balaban J connectivity index is 1.93. The molecule has 1 amide bonds. The van der Waals surface area contributed by atoms with Gasteiger partial charge in [0.1, 0.15) is 5.75 Å². The first-order valence-corrected chi connectivity index (χ1v) is 9.97. The van der Waals surface area contributed by atoms with Crippen molar-refractivity contribution >= 4 is 17.7 Å². The summed E-state index contributed by atoms with van der Waals surface area (Å²) in [5.41, 5.74) is 7.31. The molecular weight excluding hydrogens is 320 g/mol. The molecule has 0 radical (unpaired) electrons. The van der Waals surface area contributed by atoms with Crippen molar-refractivity contribution in [3.05, 3.63) is 29.8 Å².